The molecule has 3 nitrogen and oxygen atoms in total. The molecule has 0 spiro atoms. The maximum absolute atomic E-state index is 6.38. The fraction of sp³-hybridized carbons (Fsp3) is 0.438. The normalized spacial score (nSPS) is 10.9. The Bertz CT molecular complexity index is 583. The van der Waals surface area contributed by atoms with E-state index >= 15 is 0 Å². The molecule has 0 aliphatic rings. The Balaban J connectivity index is 2.01. The lowest BCUT2D eigenvalue weighted by atomic mass is 10.2. The number of thiazole rings is 1. The van der Waals surface area contributed by atoms with E-state index in [0.29, 0.717) is 0 Å². The summed E-state index contributed by atoms with van der Waals surface area (Å²) in [6, 6.07) is 6.25. The quantitative estimate of drug-likeness (QED) is 0.772. The average Bonchev–Trinajstić information content (AvgIpc) is 2.86. The summed E-state index contributed by atoms with van der Waals surface area (Å²) in [5.74, 6) is 0. The van der Waals surface area contributed by atoms with Gasteiger partial charge in [0.15, 0.2) is 0 Å². The highest BCUT2D eigenvalue weighted by Gasteiger charge is 2.07. The maximum atomic E-state index is 6.38. The zero-order valence-electron chi connectivity index (χ0n) is 12.8. The van der Waals surface area contributed by atoms with Gasteiger partial charge in [-0.15, -0.1) is 11.3 Å². The SMILES string of the molecule is CCCNCc1ccc(N(C)Cc2csc(C)n2)cc1Cl. The molecule has 114 valence electrons. The minimum absolute atomic E-state index is 0.800. The van der Waals surface area contributed by atoms with Crippen molar-refractivity contribution < 1.29 is 0 Å². The van der Waals surface area contributed by atoms with Crippen molar-refractivity contribution in [3.05, 3.63) is 44.9 Å². The minimum atomic E-state index is 0.800. The first-order chi connectivity index (χ1) is 10.1. The highest BCUT2D eigenvalue weighted by Crippen LogP contribution is 2.24. The smallest absolute Gasteiger partial charge is 0.0898 e. The Morgan fingerprint density at radius 1 is 1.38 bits per heavy atom. The van der Waals surface area contributed by atoms with E-state index < -0.39 is 0 Å². The van der Waals surface area contributed by atoms with Crippen molar-refractivity contribution in [2.75, 3.05) is 18.5 Å². The van der Waals surface area contributed by atoms with Crippen LogP contribution in [0.4, 0.5) is 5.69 Å². The lowest BCUT2D eigenvalue weighted by Gasteiger charge is -2.19. The van der Waals surface area contributed by atoms with Crippen LogP contribution in [-0.2, 0) is 13.1 Å². The van der Waals surface area contributed by atoms with Crippen LogP contribution in [0.5, 0.6) is 0 Å². The van der Waals surface area contributed by atoms with Crippen LogP contribution < -0.4 is 10.2 Å². The van der Waals surface area contributed by atoms with Gasteiger partial charge in [-0.25, -0.2) is 4.98 Å². The third-order valence-electron chi connectivity index (χ3n) is 3.29. The van der Waals surface area contributed by atoms with Gasteiger partial charge in [-0.3, -0.25) is 0 Å². The second kappa shape index (κ2) is 7.78. The summed E-state index contributed by atoms with van der Waals surface area (Å²) in [7, 11) is 2.06. The number of rotatable bonds is 7. The van der Waals surface area contributed by atoms with Crippen LogP contribution in [0.15, 0.2) is 23.6 Å². The molecule has 0 aliphatic carbocycles. The second-order valence-electron chi connectivity index (χ2n) is 5.17. The van der Waals surface area contributed by atoms with Crippen molar-refractivity contribution in [1.82, 2.24) is 10.3 Å². The number of halogens is 1. The zero-order chi connectivity index (χ0) is 15.2. The molecule has 21 heavy (non-hydrogen) atoms. The summed E-state index contributed by atoms with van der Waals surface area (Å²) >= 11 is 8.07. The van der Waals surface area contributed by atoms with Gasteiger partial charge in [0, 0.05) is 29.7 Å². The number of aryl methyl sites for hydroxylation is 1. The first-order valence-electron chi connectivity index (χ1n) is 7.21. The van der Waals surface area contributed by atoms with Gasteiger partial charge in [0.05, 0.1) is 17.2 Å². The largest absolute Gasteiger partial charge is 0.369 e. The monoisotopic (exact) mass is 323 g/mol. The molecule has 0 radical (unpaired) electrons. The summed E-state index contributed by atoms with van der Waals surface area (Å²) in [4.78, 5) is 6.67. The molecule has 1 aromatic heterocycles. The van der Waals surface area contributed by atoms with Crippen LogP contribution in [0, 0.1) is 6.92 Å². The number of hydrogen-bond acceptors (Lipinski definition) is 4. The van der Waals surface area contributed by atoms with Crippen LogP contribution in [0.3, 0.4) is 0 Å². The third-order valence-corrected chi connectivity index (χ3v) is 4.46. The van der Waals surface area contributed by atoms with E-state index in [1.165, 1.54) is 0 Å². The van der Waals surface area contributed by atoms with E-state index in [2.05, 4.69) is 46.7 Å². The average molecular weight is 324 g/mol. The van der Waals surface area contributed by atoms with Gasteiger partial charge in [-0.1, -0.05) is 24.6 Å². The molecular weight excluding hydrogens is 302 g/mol. The number of nitrogens with one attached hydrogen (secondary N) is 1. The molecule has 1 heterocycles. The van der Waals surface area contributed by atoms with E-state index in [4.69, 9.17) is 11.6 Å². The van der Waals surface area contributed by atoms with Gasteiger partial charge in [-0.2, -0.15) is 0 Å². The van der Waals surface area contributed by atoms with Crippen molar-refractivity contribution >= 4 is 28.6 Å². The van der Waals surface area contributed by atoms with E-state index in [-0.39, 0.29) is 0 Å². The second-order valence-corrected chi connectivity index (χ2v) is 6.64. The molecule has 0 unspecified atom stereocenters. The van der Waals surface area contributed by atoms with Crippen molar-refractivity contribution in [2.45, 2.75) is 33.4 Å². The third kappa shape index (κ3) is 4.70. The van der Waals surface area contributed by atoms with Crippen molar-refractivity contribution in [2.24, 2.45) is 0 Å². The van der Waals surface area contributed by atoms with Crippen molar-refractivity contribution in [1.29, 1.82) is 0 Å². The first-order valence-corrected chi connectivity index (χ1v) is 8.47. The summed E-state index contributed by atoms with van der Waals surface area (Å²) in [5.41, 5.74) is 3.36. The summed E-state index contributed by atoms with van der Waals surface area (Å²) in [6.07, 6.45) is 1.13. The van der Waals surface area contributed by atoms with Crippen molar-refractivity contribution in [3.8, 4) is 0 Å². The number of nitrogens with zero attached hydrogens (tertiary/aromatic N) is 2. The van der Waals surface area contributed by atoms with Crippen LogP contribution in [0.25, 0.3) is 0 Å². The predicted molar refractivity (Wildman–Crippen MR) is 92.4 cm³/mol. The zero-order valence-corrected chi connectivity index (χ0v) is 14.4. The number of benzene rings is 1. The van der Waals surface area contributed by atoms with Crippen LogP contribution in [0.1, 0.15) is 29.6 Å². The Morgan fingerprint density at radius 3 is 2.81 bits per heavy atom. The highest BCUT2D eigenvalue weighted by molar-refractivity contribution is 7.09. The van der Waals surface area contributed by atoms with Crippen molar-refractivity contribution in [3.63, 3.8) is 0 Å². The molecule has 0 saturated carbocycles. The molecular formula is C16H22ClN3S. The number of hydrogen-bond donors (Lipinski definition) is 1. The van der Waals surface area contributed by atoms with Crippen LogP contribution >= 0.6 is 22.9 Å². The number of aromatic nitrogens is 1. The van der Waals surface area contributed by atoms with Gasteiger partial charge in [0.25, 0.3) is 0 Å². The molecule has 0 saturated heterocycles. The summed E-state index contributed by atoms with van der Waals surface area (Å²) in [6.45, 7) is 6.83. The van der Waals surface area contributed by atoms with Gasteiger partial charge < -0.3 is 10.2 Å². The predicted octanol–water partition coefficient (Wildman–Crippen LogP) is 4.24. The fourth-order valence-electron chi connectivity index (χ4n) is 2.13. The van der Waals surface area contributed by atoms with E-state index in [1.807, 2.05) is 13.0 Å². The minimum Gasteiger partial charge on any atom is -0.369 e. The fourth-order valence-corrected chi connectivity index (χ4v) is 2.98. The Morgan fingerprint density at radius 2 is 2.19 bits per heavy atom. The van der Waals surface area contributed by atoms with Gasteiger partial charge in [0.2, 0.25) is 0 Å². The van der Waals surface area contributed by atoms with Crippen LogP contribution in [0.2, 0.25) is 5.02 Å². The lowest BCUT2D eigenvalue weighted by molar-refractivity contribution is 0.675. The molecule has 0 amide bonds. The summed E-state index contributed by atoms with van der Waals surface area (Å²) < 4.78 is 0. The molecule has 0 aliphatic heterocycles. The molecule has 0 atom stereocenters. The van der Waals surface area contributed by atoms with Gasteiger partial charge in [-0.05, 0) is 37.6 Å². The van der Waals surface area contributed by atoms with Crippen LogP contribution in [-0.4, -0.2) is 18.6 Å². The molecule has 0 bridgehead atoms. The van der Waals surface area contributed by atoms with E-state index in [1.54, 1.807) is 11.3 Å². The van der Waals surface area contributed by atoms with Gasteiger partial charge >= 0.3 is 0 Å². The summed E-state index contributed by atoms with van der Waals surface area (Å²) in [5, 5.41) is 7.41. The highest BCUT2D eigenvalue weighted by atomic mass is 35.5. The molecule has 1 N–H and O–H groups in total. The molecule has 2 rings (SSSR count). The first kappa shape index (κ1) is 16.3. The molecule has 1 aromatic carbocycles. The van der Waals surface area contributed by atoms with Gasteiger partial charge in [0.1, 0.15) is 0 Å². The number of anilines is 1. The topological polar surface area (TPSA) is 28.2 Å². The van der Waals surface area contributed by atoms with E-state index in [9.17, 15) is 0 Å². The Kier molecular flexibility index (Phi) is 6.03. The molecule has 2 aromatic rings. The van der Waals surface area contributed by atoms with E-state index in [0.717, 1.165) is 53.0 Å². The maximum Gasteiger partial charge on any atom is 0.0898 e. The standard InChI is InChI=1S/C16H22ClN3S/c1-4-7-18-9-13-5-6-15(8-16(13)17)20(3)10-14-11-21-12(2)19-14/h5-6,8,11,18H,4,7,9-10H2,1-3H3. The Labute approximate surface area is 136 Å². The Hall–Kier alpha value is -1.10. The lowest BCUT2D eigenvalue weighted by Crippen LogP contribution is -2.17. The molecule has 0 fully saturated rings. The molecule has 5 heteroatoms.